The Kier molecular flexibility index (Phi) is 5.17. The van der Waals surface area contributed by atoms with Gasteiger partial charge >= 0.3 is 0 Å². The zero-order valence-corrected chi connectivity index (χ0v) is 12.5. The highest BCUT2D eigenvalue weighted by Gasteiger charge is 2.11. The molecule has 0 aliphatic carbocycles. The van der Waals surface area contributed by atoms with Crippen molar-refractivity contribution in [1.82, 2.24) is 5.32 Å². The number of ether oxygens (including phenoxy) is 2. The molecule has 2 aromatic rings. The molecular formula is C17H20FNO2. The van der Waals surface area contributed by atoms with Crippen LogP contribution in [-0.2, 0) is 0 Å². The van der Waals surface area contributed by atoms with Crippen LogP contribution >= 0.6 is 0 Å². The molecule has 0 fully saturated rings. The first-order chi connectivity index (χ1) is 10.2. The molecule has 1 unspecified atom stereocenters. The number of methoxy groups -OCH3 is 1. The molecule has 0 amide bonds. The lowest BCUT2D eigenvalue weighted by molar-refractivity contribution is 0.370. The molecule has 21 heavy (non-hydrogen) atoms. The van der Waals surface area contributed by atoms with Crippen LogP contribution in [0, 0.1) is 5.82 Å². The zero-order chi connectivity index (χ0) is 15.2. The van der Waals surface area contributed by atoms with Crippen LogP contribution in [0.3, 0.4) is 0 Å². The maximum atomic E-state index is 14.2. The molecule has 4 heteroatoms. The second kappa shape index (κ2) is 7.09. The van der Waals surface area contributed by atoms with Gasteiger partial charge in [-0.25, -0.2) is 4.39 Å². The van der Waals surface area contributed by atoms with Gasteiger partial charge in [0.2, 0.25) is 0 Å². The van der Waals surface area contributed by atoms with Crippen molar-refractivity contribution in [2.45, 2.75) is 19.9 Å². The van der Waals surface area contributed by atoms with Crippen LogP contribution in [0.15, 0.2) is 42.5 Å². The van der Waals surface area contributed by atoms with Gasteiger partial charge in [-0.1, -0.05) is 25.1 Å². The normalized spacial score (nSPS) is 12.0. The van der Waals surface area contributed by atoms with Crippen molar-refractivity contribution in [3.8, 4) is 17.2 Å². The monoisotopic (exact) mass is 289 g/mol. The molecule has 2 rings (SSSR count). The molecule has 0 heterocycles. The number of benzene rings is 2. The van der Waals surface area contributed by atoms with Gasteiger partial charge in [-0.3, -0.25) is 0 Å². The first-order valence-electron chi connectivity index (χ1n) is 6.99. The van der Waals surface area contributed by atoms with E-state index in [-0.39, 0.29) is 17.6 Å². The molecule has 0 aliphatic heterocycles. The maximum Gasteiger partial charge on any atom is 0.169 e. The quantitative estimate of drug-likeness (QED) is 0.860. The van der Waals surface area contributed by atoms with Gasteiger partial charge < -0.3 is 14.8 Å². The average Bonchev–Trinajstić information content (AvgIpc) is 2.50. The van der Waals surface area contributed by atoms with Gasteiger partial charge in [-0.15, -0.1) is 0 Å². The summed E-state index contributed by atoms with van der Waals surface area (Å²) in [6.07, 6.45) is 0. The van der Waals surface area contributed by atoms with Gasteiger partial charge in [0, 0.05) is 6.04 Å². The van der Waals surface area contributed by atoms with E-state index in [2.05, 4.69) is 5.32 Å². The third kappa shape index (κ3) is 3.73. The second-order valence-corrected chi connectivity index (χ2v) is 4.72. The Balaban J connectivity index is 2.21. The Morgan fingerprint density at radius 1 is 1.10 bits per heavy atom. The molecular weight excluding hydrogens is 269 g/mol. The molecule has 0 spiro atoms. The van der Waals surface area contributed by atoms with Gasteiger partial charge in [0.1, 0.15) is 0 Å². The van der Waals surface area contributed by atoms with Crippen molar-refractivity contribution in [2.75, 3.05) is 13.7 Å². The first-order valence-corrected chi connectivity index (χ1v) is 6.99. The minimum Gasteiger partial charge on any atom is -0.493 e. The standard InChI is InChI=1S/C17H20FNO2/c1-4-19-12(2)13-9-10-15(14(18)11-13)21-17-8-6-5-7-16(17)20-3/h5-12,19H,4H2,1-3H3. The predicted octanol–water partition coefficient (Wildman–Crippen LogP) is 4.30. The number of halogens is 1. The lowest BCUT2D eigenvalue weighted by atomic mass is 10.1. The maximum absolute atomic E-state index is 14.2. The molecule has 0 saturated carbocycles. The van der Waals surface area contributed by atoms with Crippen LogP contribution in [0.25, 0.3) is 0 Å². The fourth-order valence-electron chi connectivity index (χ4n) is 2.11. The SMILES string of the molecule is CCNC(C)c1ccc(Oc2ccccc2OC)c(F)c1. The number of hydrogen-bond acceptors (Lipinski definition) is 3. The summed E-state index contributed by atoms with van der Waals surface area (Å²) in [5, 5.41) is 3.25. The molecule has 2 aromatic carbocycles. The fourth-order valence-corrected chi connectivity index (χ4v) is 2.11. The Hall–Kier alpha value is -2.07. The lowest BCUT2D eigenvalue weighted by Gasteiger charge is -2.15. The summed E-state index contributed by atoms with van der Waals surface area (Å²) in [7, 11) is 1.56. The van der Waals surface area contributed by atoms with Crippen molar-refractivity contribution >= 4 is 0 Å². The topological polar surface area (TPSA) is 30.5 Å². The van der Waals surface area contributed by atoms with E-state index < -0.39 is 0 Å². The molecule has 0 radical (unpaired) electrons. The summed E-state index contributed by atoms with van der Waals surface area (Å²) in [4.78, 5) is 0. The molecule has 1 atom stereocenters. The number of para-hydroxylation sites is 2. The fraction of sp³-hybridized carbons (Fsp3) is 0.294. The van der Waals surface area contributed by atoms with Gasteiger partial charge in [0.25, 0.3) is 0 Å². The minimum absolute atomic E-state index is 0.102. The lowest BCUT2D eigenvalue weighted by Crippen LogP contribution is -2.17. The highest BCUT2D eigenvalue weighted by atomic mass is 19.1. The van der Waals surface area contributed by atoms with E-state index in [1.165, 1.54) is 6.07 Å². The summed E-state index contributed by atoms with van der Waals surface area (Å²) >= 11 is 0. The number of nitrogens with one attached hydrogen (secondary N) is 1. The molecule has 112 valence electrons. The van der Waals surface area contributed by atoms with Crippen LogP contribution in [0.4, 0.5) is 4.39 Å². The first kappa shape index (κ1) is 15.3. The van der Waals surface area contributed by atoms with E-state index in [9.17, 15) is 4.39 Å². The van der Waals surface area contributed by atoms with E-state index in [0.29, 0.717) is 11.5 Å². The largest absolute Gasteiger partial charge is 0.493 e. The summed E-state index contributed by atoms with van der Waals surface area (Å²) in [5.41, 5.74) is 0.890. The zero-order valence-electron chi connectivity index (χ0n) is 12.5. The van der Waals surface area contributed by atoms with Gasteiger partial charge in [-0.05, 0) is 43.3 Å². The van der Waals surface area contributed by atoms with Gasteiger partial charge in [-0.2, -0.15) is 0 Å². The van der Waals surface area contributed by atoms with Crippen LogP contribution in [-0.4, -0.2) is 13.7 Å². The Morgan fingerprint density at radius 3 is 2.43 bits per heavy atom. The van der Waals surface area contributed by atoms with E-state index in [4.69, 9.17) is 9.47 Å². The predicted molar refractivity (Wildman–Crippen MR) is 81.6 cm³/mol. The van der Waals surface area contributed by atoms with Crippen molar-refractivity contribution in [1.29, 1.82) is 0 Å². The number of hydrogen-bond donors (Lipinski definition) is 1. The summed E-state index contributed by atoms with van der Waals surface area (Å²) in [6, 6.07) is 12.3. The Labute approximate surface area is 124 Å². The molecule has 0 aromatic heterocycles. The van der Waals surface area contributed by atoms with Crippen molar-refractivity contribution < 1.29 is 13.9 Å². The van der Waals surface area contributed by atoms with Crippen molar-refractivity contribution in [2.24, 2.45) is 0 Å². The Morgan fingerprint density at radius 2 is 1.81 bits per heavy atom. The third-order valence-corrected chi connectivity index (χ3v) is 3.26. The minimum atomic E-state index is -0.386. The molecule has 0 bridgehead atoms. The van der Waals surface area contributed by atoms with E-state index >= 15 is 0 Å². The molecule has 0 aliphatic rings. The van der Waals surface area contributed by atoms with Crippen LogP contribution < -0.4 is 14.8 Å². The van der Waals surface area contributed by atoms with Crippen LogP contribution in [0.1, 0.15) is 25.5 Å². The van der Waals surface area contributed by atoms with Crippen molar-refractivity contribution in [3.63, 3.8) is 0 Å². The molecule has 3 nitrogen and oxygen atoms in total. The van der Waals surface area contributed by atoms with Crippen molar-refractivity contribution in [3.05, 3.63) is 53.8 Å². The van der Waals surface area contributed by atoms with E-state index in [0.717, 1.165) is 12.1 Å². The molecule has 0 saturated heterocycles. The van der Waals surface area contributed by atoms with Gasteiger partial charge in [0.05, 0.1) is 7.11 Å². The summed E-state index contributed by atoms with van der Waals surface area (Å²) in [5.74, 6) is 0.864. The smallest absolute Gasteiger partial charge is 0.169 e. The van der Waals surface area contributed by atoms with Crippen LogP contribution in [0.2, 0.25) is 0 Å². The highest BCUT2D eigenvalue weighted by molar-refractivity contribution is 5.43. The summed E-state index contributed by atoms with van der Waals surface area (Å²) in [6.45, 7) is 4.85. The highest BCUT2D eigenvalue weighted by Crippen LogP contribution is 2.33. The average molecular weight is 289 g/mol. The third-order valence-electron chi connectivity index (χ3n) is 3.26. The van der Waals surface area contributed by atoms with E-state index in [1.807, 2.05) is 32.0 Å². The number of rotatable bonds is 6. The van der Waals surface area contributed by atoms with Crippen LogP contribution in [0.5, 0.6) is 17.2 Å². The second-order valence-electron chi connectivity index (χ2n) is 4.72. The van der Waals surface area contributed by atoms with E-state index in [1.54, 1.807) is 25.3 Å². The molecule has 1 N–H and O–H groups in total. The summed E-state index contributed by atoms with van der Waals surface area (Å²) < 4.78 is 25.0. The Bertz CT molecular complexity index is 601. The van der Waals surface area contributed by atoms with Gasteiger partial charge in [0.15, 0.2) is 23.1 Å².